The quantitative estimate of drug-likeness (QED) is 0.376. The summed E-state index contributed by atoms with van der Waals surface area (Å²) in [6.45, 7) is 8.13. The zero-order chi connectivity index (χ0) is 27.1. The number of rotatable bonds is 6. The lowest BCUT2D eigenvalue weighted by Crippen LogP contribution is -2.36. The molecular formula is C32H42N6. The number of fused-ring (bicyclic) bond motifs is 1. The Hall–Kier alpha value is -3.64. The van der Waals surface area contributed by atoms with Gasteiger partial charge in [0.2, 0.25) is 0 Å². The van der Waals surface area contributed by atoms with E-state index in [4.69, 9.17) is 16.5 Å². The standard InChI is InChI=1S/C30H36N6.C2H6/c1-20-16-26(23-6-4-3-5-7-23)35-27-17-24(12-13-25(20)27)28(31)29-30(32)34-14-15-36(29)19-22-10-8-21(9-11-22)18-33-2;1-2/h3-7,12-17,21-22,33H,8-11,18-19,31H2,1-2H3,(H2,32,34);1-2H3/b29-28-;. The Morgan fingerprint density at radius 1 is 1.00 bits per heavy atom. The maximum Gasteiger partial charge on any atom is 0.149 e. The molecule has 0 amide bonds. The van der Waals surface area contributed by atoms with Crippen LogP contribution in [0.3, 0.4) is 0 Å². The van der Waals surface area contributed by atoms with Gasteiger partial charge in [0.15, 0.2) is 0 Å². The summed E-state index contributed by atoms with van der Waals surface area (Å²) in [4.78, 5) is 11.6. The maximum absolute atomic E-state index is 6.80. The molecule has 1 aliphatic heterocycles. The Labute approximate surface area is 227 Å². The lowest BCUT2D eigenvalue weighted by molar-refractivity contribution is 0.236. The molecule has 1 saturated carbocycles. The average Bonchev–Trinajstić information content (AvgIpc) is 2.95. The van der Waals surface area contributed by atoms with Crippen molar-refractivity contribution in [3.05, 3.63) is 83.8 Å². The molecule has 2 heterocycles. The minimum Gasteiger partial charge on any atom is -0.396 e. The number of pyridine rings is 1. The van der Waals surface area contributed by atoms with Crippen molar-refractivity contribution in [2.24, 2.45) is 28.3 Å². The molecule has 0 bridgehead atoms. The Kier molecular flexibility index (Phi) is 9.19. The molecular weight excluding hydrogens is 468 g/mol. The molecule has 6 heteroatoms. The molecule has 3 aromatic rings. The number of hydrogen-bond donors (Lipinski definition) is 3. The van der Waals surface area contributed by atoms with Crippen molar-refractivity contribution in [2.45, 2.75) is 46.5 Å². The van der Waals surface area contributed by atoms with Crippen LogP contribution in [0.1, 0.15) is 50.7 Å². The van der Waals surface area contributed by atoms with Gasteiger partial charge in [-0.05, 0) is 75.7 Å². The van der Waals surface area contributed by atoms with Gasteiger partial charge >= 0.3 is 0 Å². The molecule has 200 valence electrons. The number of hydrogen-bond acceptors (Lipinski definition) is 6. The van der Waals surface area contributed by atoms with Crippen LogP contribution in [0.2, 0.25) is 0 Å². The minimum atomic E-state index is 0.459. The third-order valence-corrected chi connectivity index (χ3v) is 7.56. The zero-order valence-corrected chi connectivity index (χ0v) is 23.2. The summed E-state index contributed by atoms with van der Waals surface area (Å²) >= 11 is 0. The van der Waals surface area contributed by atoms with E-state index in [0.717, 1.165) is 52.4 Å². The van der Waals surface area contributed by atoms with E-state index in [9.17, 15) is 0 Å². The largest absolute Gasteiger partial charge is 0.396 e. The molecule has 0 spiro atoms. The number of aromatic nitrogens is 1. The predicted molar refractivity (Wildman–Crippen MR) is 161 cm³/mol. The number of nitrogens with one attached hydrogen (secondary N) is 1. The fourth-order valence-corrected chi connectivity index (χ4v) is 5.57. The van der Waals surface area contributed by atoms with Gasteiger partial charge in [0.25, 0.3) is 0 Å². The monoisotopic (exact) mass is 510 g/mol. The molecule has 6 nitrogen and oxygen atoms in total. The van der Waals surface area contributed by atoms with Gasteiger partial charge in [0, 0.05) is 35.5 Å². The number of benzene rings is 2. The highest BCUT2D eigenvalue weighted by atomic mass is 15.2. The molecule has 2 aromatic carbocycles. The van der Waals surface area contributed by atoms with Crippen LogP contribution in [0.15, 0.2) is 77.7 Å². The van der Waals surface area contributed by atoms with Crippen LogP contribution in [0, 0.1) is 18.8 Å². The second-order valence-corrected chi connectivity index (χ2v) is 10.1. The van der Waals surface area contributed by atoms with E-state index in [1.807, 2.05) is 45.3 Å². The van der Waals surface area contributed by atoms with Crippen molar-refractivity contribution in [3.8, 4) is 11.3 Å². The number of nitrogens with two attached hydrogens (primary N) is 2. The highest BCUT2D eigenvalue weighted by molar-refractivity contribution is 6.04. The fourth-order valence-electron chi connectivity index (χ4n) is 5.57. The van der Waals surface area contributed by atoms with Crippen LogP contribution in [-0.2, 0) is 0 Å². The molecule has 5 rings (SSSR count). The molecule has 0 atom stereocenters. The molecule has 5 N–H and O–H groups in total. The third-order valence-electron chi connectivity index (χ3n) is 7.56. The summed E-state index contributed by atoms with van der Waals surface area (Å²) in [5, 5.41) is 4.45. The topological polar surface area (TPSA) is 92.6 Å². The highest BCUT2D eigenvalue weighted by Crippen LogP contribution is 2.32. The van der Waals surface area contributed by atoms with Crippen LogP contribution >= 0.6 is 0 Å². The molecule has 1 aromatic heterocycles. The van der Waals surface area contributed by atoms with Crippen LogP contribution < -0.4 is 16.8 Å². The molecule has 0 saturated heterocycles. The Morgan fingerprint density at radius 2 is 1.71 bits per heavy atom. The van der Waals surface area contributed by atoms with E-state index in [-0.39, 0.29) is 0 Å². The smallest absolute Gasteiger partial charge is 0.149 e. The van der Waals surface area contributed by atoms with Crippen molar-refractivity contribution in [1.29, 1.82) is 0 Å². The van der Waals surface area contributed by atoms with E-state index in [1.165, 1.54) is 31.2 Å². The first-order valence-corrected chi connectivity index (χ1v) is 13.9. The van der Waals surface area contributed by atoms with E-state index in [1.54, 1.807) is 6.20 Å². The molecule has 1 fully saturated rings. The summed E-state index contributed by atoms with van der Waals surface area (Å²) < 4.78 is 0. The molecule has 0 unspecified atom stereocenters. The fraction of sp³-hybridized carbons (Fsp3) is 0.375. The normalized spacial score (nSPS) is 20.5. The van der Waals surface area contributed by atoms with Gasteiger partial charge in [-0.15, -0.1) is 0 Å². The number of amidine groups is 1. The summed E-state index contributed by atoms with van der Waals surface area (Å²) in [6.07, 6.45) is 8.76. The average molecular weight is 511 g/mol. The van der Waals surface area contributed by atoms with Gasteiger partial charge < -0.3 is 21.7 Å². The van der Waals surface area contributed by atoms with E-state index in [2.05, 4.69) is 58.5 Å². The first-order valence-electron chi connectivity index (χ1n) is 13.9. The minimum absolute atomic E-state index is 0.459. The number of aliphatic imine (C=N–C) groups is 1. The van der Waals surface area contributed by atoms with Crippen LogP contribution in [0.25, 0.3) is 27.9 Å². The lowest BCUT2D eigenvalue weighted by atomic mass is 9.81. The summed E-state index contributed by atoms with van der Waals surface area (Å²) in [5.41, 5.74) is 19.7. The Morgan fingerprint density at radius 3 is 2.42 bits per heavy atom. The van der Waals surface area contributed by atoms with E-state index >= 15 is 0 Å². The summed E-state index contributed by atoms with van der Waals surface area (Å²) in [7, 11) is 2.04. The van der Waals surface area contributed by atoms with Gasteiger partial charge in [-0.2, -0.15) is 0 Å². The molecule has 0 radical (unpaired) electrons. The molecule has 2 aliphatic rings. The summed E-state index contributed by atoms with van der Waals surface area (Å²) in [5.74, 6) is 1.86. The molecule has 1 aliphatic carbocycles. The van der Waals surface area contributed by atoms with Crippen molar-refractivity contribution < 1.29 is 0 Å². The first kappa shape index (κ1) is 27.4. The zero-order valence-electron chi connectivity index (χ0n) is 23.2. The van der Waals surface area contributed by atoms with Crippen molar-refractivity contribution >= 4 is 22.4 Å². The van der Waals surface area contributed by atoms with Crippen LogP contribution in [0.5, 0.6) is 0 Å². The van der Waals surface area contributed by atoms with Gasteiger partial charge in [0.1, 0.15) is 11.5 Å². The maximum atomic E-state index is 6.80. The van der Waals surface area contributed by atoms with Gasteiger partial charge in [-0.1, -0.05) is 56.3 Å². The van der Waals surface area contributed by atoms with Crippen molar-refractivity contribution in [1.82, 2.24) is 15.2 Å². The lowest BCUT2D eigenvalue weighted by Gasteiger charge is -2.34. The first-order chi connectivity index (χ1) is 18.5. The summed E-state index contributed by atoms with van der Waals surface area (Å²) in [6, 6.07) is 18.7. The van der Waals surface area contributed by atoms with Crippen molar-refractivity contribution in [3.63, 3.8) is 0 Å². The Balaban J connectivity index is 0.00000164. The van der Waals surface area contributed by atoms with Crippen LogP contribution in [0.4, 0.5) is 0 Å². The number of aryl methyl sites for hydroxylation is 1. The predicted octanol–water partition coefficient (Wildman–Crippen LogP) is 6.03. The number of nitrogens with zero attached hydrogens (tertiary/aromatic N) is 3. The third kappa shape index (κ3) is 6.08. The highest BCUT2D eigenvalue weighted by Gasteiger charge is 2.26. The van der Waals surface area contributed by atoms with E-state index < -0.39 is 0 Å². The van der Waals surface area contributed by atoms with Gasteiger partial charge in [-0.25, -0.2) is 9.98 Å². The van der Waals surface area contributed by atoms with Gasteiger partial charge in [-0.3, -0.25) is 0 Å². The van der Waals surface area contributed by atoms with Gasteiger partial charge in [0.05, 0.1) is 16.9 Å². The SMILES string of the molecule is CC.CNCC1CCC(CN2C=CN=C(N)/C2=C(/N)c2ccc3c(C)cc(-c4ccccc4)nc3c2)CC1. The second-order valence-electron chi connectivity index (χ2n) is 10.1. The van der Waals surface area contributed by atoms with Crippen molar-refractivity contribution in [2.75, 3.05) is 20.1 Å². The second kappa shape index (κ2) is 12.7. The van der Waals surface area contributed by atoms with E-state index in [0.29, 0.717) is 17.5 Å². The molecule has 38 heavy (non-hydrogen) atoms. The Bertz CT molecular complexity index is 1320. The van der Waals surface area contributed by atoms with Crippen LogP contribution in [-0.4, -0.2) is 35.9 Å².